The molecule has 0 unspecified atom stereocenters. The summed E-state index contributed by atoms with van der Waals surface area (Å²) in [7, 11) is 0. The lowest BCUT2D eigenvalue weighted by molar-refractivity contribution is -0.112. The number of hydrogen-bond acceptors (Lipinski definition) is 3. The van der Waals surface area contributed by atoms with Gasteiger partial charge in [-0.25, -0.2) is 0 Å². The van der Waals surface area contributed by atoms with Crippen molar-refractivity contribution in [3.05, 3.63) is 98.5 Å². The van der Waals surface area contributed by atoms with Gasteiger partial charge in [0.2, 0.25) is 0 Å². The first-order chi connectivity index (χ1) is 14.5. The van der Waals surface area contributed by atoms with Crippen molar-refractivity contribution in [2.75, 3.05) is 5.32 Å². The maximum atomic E-state index is 12.6. The molecule has 1 N–H and O–H groups in total. The van der Waals surface area contributed by atoms with E-state index >= 15 is 0 Å². The first-order valence-electron chi connectivity index (χ1n) is 9.12. The molecule has 0 saturated heterocycles. The fourth-order valence-corrected chi connectivity index (χ4v) is 3.25. The van der Waals surface area contributed by atoms with E-state index in [-0.39, 0.29) is 5.57 Å². The zero-order chi connectivity index (χ0) is 21.5. The molecule has 0 bridgehead atoms. The molecule has 150 valence electrons. The predicted molar refractivity (Wildman–Crippen MR) is 123 cm³/mol. The SMILES string of the molecule is Cc1ccc(NC(=O)/C(C#N)=C/c2cc(Cl)ccc2OCc2ccccc2Br)cc1. The number of nitrogens with one attached hydrogen (secondary N) is 1. The summed E-state index contributed by atoms with van der Waals surface area (Å²) < 4.78 is 6.88. The van der Waals surface area contributed by atoms with Crippen molar-refractivity contribution in [1.29, 1.82) is 5.26 Å². The van der Waals surface area contributed by atoms with E-state index in [1.807, 2.05) is 49.4 Å². The number of nitriles is 1. The van der Waals surface area contributed by atoms with E-state index in [0.717, 1.165) is 15.6 Å². The van der Waals surface area contributed by atoms with Gasteiger partial charge in [-0.3, -0.25) is 4.79 Å². The second-order valence-electron chi connectivity index (χ2n) is 6.55. The van der Waals surface area contributed by atoms with Crippen LogP contribution in [0, 0.1) is 18.3 Å². The molecule has 3 rings (SSSR count). The number of halogens is 2. The third-order valence-corrected chi connectivity index (χ3v) is 5.30. The van der Waals surface area contributed by atoms with Crippen molar-refractivity contribution in [3.8, 4) is 11.8 Å². The van der Waals surface area contributed by atoms with Gasteiger partial charge < -0.3 is 10.1 Å². The van der Waals surface area contributed by atoms with Gasteiger partial charge in [-0.15, -0.1) is 0 Å². The predicted octanol–water partition coefficient (Wildman–Crippen LogP) is 6.54. The van der Waals surface area contributed by atoms with Gasteiger partial charge >= 0.3 is 0 Å². The van der Waals surface area contributed by atoms with E-state index in [9.17, 15) is 10.1 Å². The smallest absolute Gasteiger partial charge is 0.266 e. The average molecular weight is 482 g/mol. The van der Waals surface area contributed by atoms with E-state index in [1.54, 1.807) is 30.3 Å². The number of carbonyl (C=O) groups excluding carboxylic acids is 1. The molecule has 0 radical (unpaired) electrons. The van der Waals surface area contributed by atoms with Gasteiger partial charge in [0, 0.05) is 26.3 Å². The van der Waals surface area contributed by atoms with Crippen LogP contribution in [0.2, 0.25) is 5.02 Å². The Balaban J connectivity index is 1.83. The quantitative estimate of drug-likeness (QED) is 0.321. The summed E-state index contributed by atoms with van der Waals surface area (Å²) in [4.78, 5) is 12.6. The van der Waals surface area contributed by atoms with Crippen molar-refractivity contribution < 1.29 is 9.53 Å². The summed E-state index contributed by atoms with van der Waals surface area (Å²) >= 11 is 9.63. The number of benzene rings is 3. The third kappa shape index (κ3) is 5.73. The average Bonchev–Trinajstić information content (AvgIpc) is 2.74. The van der Waals surface area contributed by atoms with Crippen molar-refractivity contribution in [3.63, 3.8) is 0 Å². The number of rotatable bonds is 6. The number of aryl methyl sites for hydroxylation is 1. The number of ether oxygens (including phenoxy) is 1. The molecule has 0 atom stereocenters. The van der Waals surface area contributed by atoms with Gasteiger partial charge in [-0.2, -0.15) is 5.26 Å². The fraction of sp³-hybridized carbons (Fsp3) is 0.0833. The Morgan fingerprint density at radius 1 is 1.17 bits per heavy atom. The van der Waals surface area contributed by atoms with Crippen LogP contribution < -0.4 is 10.1 Å². The molecule has 3 aromatic carbocycles. The van der Waals surface area contributed by atoms with Crippen LogP contribution in [-0.4, -0.2) is 5.91 Å². The fourth-order valence-electron chi connectivity index (χ4n) is 2.67. The number of anilines is 1. The monoisotopic (exact) mass is 480 g/mol. The molecule has 0 saturated carbocycles. The van der Waals surface area contributed by atoms with Gasteiger partial charge in [0.1, 0.15) is 24.0 Å². The van der Waals surface area contributed by atoms with Crippen LogP contribution in [0.5, 0.6) is 5.75 Å². The number of amides is 1. The molecule has 0 heterocycles. The van der Waals surface area contributed by atoms with Crippen LogP contribution in [0.1, 0.15) is 16.7 Å². The molecule has 0 fully saturated rings. The van der Waals surface area contributed by atoms with E-state index in [1.165, 1.54) is 6.08 Å². The molecule has 3 aromatic rings. The number of carbonyl (C=O) groups is 1. The van der Waals surface area contributed by atoms with Crippen LogP contribution in [0.3, 0.4) is 0 Å². The largest absolute Gasteiger partial charge is 0.488 e. The van der Waals surface area contributed by atoms with Gasteiger partial charge in [0.25, 0.3) is 5.91 Å². The summed E-state index contributed by atoms with van der Waals surface area (Å²) in [5, 5.41) is 12.7. The first-order valence-corrected chi connectivity index (χ1v) is 10.3. The molecule has 0 aliphatic rings. The van der Waals surface area contributed by atoms with E-state index < -0.39 is 5.91 Å². The summed E-state index contributed by atoms with van der Waals surface area (Å²) in [5.41, 5.74) is 3.16. The Kier molecular flexibility index (Phi) is 7.29. The molecule has 0 aromatic heterocycles. The highest BCUT2D eigenvalue weighted by atomic mass is 79.9. The Labute approximate surface area is 188 Å². The summed E-state index contributed by atoms with van der Waals surface area (Å²) in [6.07, 6.45) is 1.48. The van der Waals surface area contributed by atoms with E-state index in [0.29, 0.717) is 28.6 Å². The summed E-state index contributed by atoms with van der Waals surface area (Å²) in [6, 6.07) is 22.1. The molecule has 30 heavy (non-hydrogen) atoms. The molecular formula is C24H18BrClN2O2. The van der Waals surface area contributed by atoms with Gasteiger partial charge in [-0.05, 0) is 49.4 Å². The molecule has 0 aliphatic carbocycles. The lowest BCUT2D eigenvalue weighted by Crippen LogP contribution is -2.13. The minimum atomic E-state index is -0.502. The molecule has 0 aliphatic heterocycles. The Morgan fingerprint density at radius 2 is 1.90 bits per heavy atom. The summed E-state index contributed by atoms with van der Waals surface area (Å²) in [5.74, 6) is 0.0177. The van der Waals surface area contributed by atoms with Crippen LogP contribution in [0.15, 0.2) is 76.8 Å². The minimum Gasteiger partial charge on any atom is -0.488 e. The lowest BCUT2D eigenvalue weighted by atomic mass is 10.1. The summed E-state index contributed by atoms with van der Waals surface area (Å²) in [6.45, 7) is 2.28. The van der Waals surface area contributed by atoms with Gasteiger partial charge in [0.05, 0.1) is 0 Å². The highest BCUT2D eigenvalue weighted by Crippen LogP contribution is 2.27. The normalized spacial score (nSPS) is 10.9. The Bertz CT molecular complexity index is 1130. The maximum Gasteiger partial charge on any atom is 0.266 e. The van der Waals surface area contributed by atoms with Crippen LogP contribution in [0.4, 0.5) is 5.69 Å². The van der Waals surface area contributed by atoms with E-state index in [4.69, 9.17) is 16.3 Å². The second-order valence-corrected chi connectivity index (χ2v) is 7.84. The zero-order valence-corrected chi connectivity index (χ0v) is 18.5. The molecular weight excluding hydrogens is 464 g/mol. The Morgan fingerprint density at radius 3 is 2.60 bits per heavy atom. The lowest BCUT2D eigenvalue weighted by Gasteiger charge is -2.11. The molecule has 4 nitrogen and oxygen atoms in total. The topological polar surface area (TPSA) is 62.1 Å². The number of hydrogen-bond donors (Lipinski definition) is 1. The molecule has 1 amide bonds. The molecule has 6 heteroatoms. The van der Waals surface area contributed by atoms with E-state index in [2.05, 4.69) is 21.2 Å². The van der Waals surface area contributed by atoms with Crippen LogP contribution in [-0.2, 0) is 11.4 Å². The van der Waals surface area contributed by atoms with Gasteiger partial charge in [-0.1, -0.05) is 63.4 Å². The molecule has 0 spiro atoms. The highest BCUT2D eigenvalue weighted by molar-refractivity contribution is 9.10. The first kappa shape index (κ1) is 21.6. The zero-order valence-electron chi connectivity index (χ0n) is 16.2. The number of nitrogens with zero attached hydrogens (tertiary/aromatic N) is 1. The van der Waals surface area contributed by atoms with Crippen LogP contribution >= 0.6 is 27.5 Å². The van der Waals surface area contributed by atoms with Crippen molar-refractivity contribution in [1.82, 2.24) is 0 Å². The van der Waals surface area contributed by atoms with Crippen molar-refractivity contribution in [2.45, 2.75) is 13.5 Å². The standard InChI is InChI=1S/C24H18BrClN2O2/c1-16-6-9-21(10-7-16)28-24(29)19(14-27)12-18-13-20(26)8-11-23(18)30-15-17-4-2-3-5-22(17)25/h2-13H,15H2,1H3,(H,28,29)/b19-12+. The maximum absolute atomic E-state index is 12.6. The van der Waals surface area contributed by atoms with Crippen molar-refractivity contribution >= 4 is 45.2 Å². The van der Waals surface area contributed by atoms with Crippen molar-refractivity contribution in [2.24, 2.45) is 0 Å². The van der Waals surface area contributed by atoms with Gasteiger partial charge in [0.15, 0.2) is 0 Å². The Hall–Kier alpha value is -3.07. The second kappa shape index (κ2) is 10.1. The van der Waals surface area contributed by atoms with Crippen LogP contribution in [0.25, 0.3) is 6.08 Å². The minimum absolute atomic E-state index is 0.0522. The highest BCUT2D eigenvalue weighted by Gasteiger charge is 2.12. The third-order valence-electron chi connectivity index (χ3n) is 4.29.